The van der Waals surface area contributed by atoms with Crippen molar-refractivity contribution in [2.45, 2.75) is 0 Å². The van der Waals surface area contributed by atoms with Crippen LogP contribution in [0.4, 0.5) is 17.1 Å². The molecule has 0 N–H and O–H groups in total. The van der Waals surface area contributed by atoms with Gasteiger partial charge in [0.25, 0.3) is 0 Å². The lowest BCUT2D eigenvalue weighted by atomic mass is 10.00. The molecule has 0 fully saturated rings. The van der Waals surface area contributed by atoms with E-state index in [1.165, 1.54) is 31.3 Å². The third-order valence-corrected chi connectivity index (χ3v) is 12.7. The third kappa shape index (κ3) is 5.34. The Morgan fingerprint density at radius 2 is 0.810 bits per heavy atom. The SMILES string of the molecule is c1cc(-c2cccc3c2sc2ccccc23)cc(N(c2ccc(-c3ccc4oc5ccccc5c4c3)cc2)c2ccc(-c3ccc4oc5ccccc5c4c3)cc2)c1. The molecule has 0 saturated heterocycles. The van der Waals surface area contributed by atoms with Crippen molar-refractivity contribution >= 4 is 92.4 Å². The second-order valence-corrected chi connectivity index (χ2v) is 15.9. The summed E-state index contributed by atoms with van der Waals surface area (Å²) in [5.74, 6) is 0. The minimum atomic E-state index is 0.903. The van der Waals surface area contributed by atoms with E-state index >= 15 is 0 Å². The fourth-order valence-electron chi connectivity index (χ4n) is 8.65. The summed E-state index contributed by atoms with van der Waals surface area (Å²) in [6, 6.07) is 71.7. The van der Waals surface area contributed by atoms with Crippen molar-refractivity contribution in [2.75, 3.05) is 4.90 Å². The quantitative estimate of drug-likeness (QED) is 0.169. The summed E-state index contributed by atoms with van der Waals surface area (Å²) in [7, 11) is 0. The van der Waals surface area contributed by atoms with Gasteiger partial charge in [0.2, 0.25) is 0 Å². The lowest BCUT2D eigenvalue weighted by Gasteiger charge is -2.26. The number of anilines is 3. The van der Waals surface area contributed by atoms with Crippen LogP contribution in [-0.2, 0) is 0 Å². The highest BCUT2D eigenvalue weighted by Gasteiger charge is 2.17. The van der Waals surface area contributed by atoms with E-state index in [2.05, 4.69) is 181 Å². The van der Waals surface area contributed by atoms with Crippen LogP contribution in [0.25, 0.3) is 97.4 Å². The van der Waals surface area contributed by atoms with Gasteiger partial charge >= 0.3 is 0 Å². The molecule has 3 heterocycles. The number of rotatable bonds is 6. The molecular formula is C54H33NO2S. The van der Waals surface area contributed by atoms with Crippen molar-refractivity contribution in [3.05, 3.63) is 200 Å². The zero-order valence-corrected chi connectivity index (χ0v) is 32.0. The Bertz CT molecular complexity index is 3360. The second-order valence-electron chi connectivity index (χ2n) is 14.9. The summed E-state index contributed by atoms with van der Waals surface area (Å²) in [5, 5.41) is 7.14. The standard InChI is InChI=1S/C54H33NO2S/c1-4-16-49-43(11-1)47-32-36(23-29-51(47)56-49)34-19-25-39(26-20-34)55(40-27-21-35(22-28-40)37-24-30-52-48(33-37)44-12-2-5-17-50(44)57-52)41-10-7-9-38(31-41)42-14-8-15-46-45-13-3-6-18-53(45)58-54(42)46/h1-33H. The Kier molecular flexibility index (Phi) is 7.40. The first kappa shape index (κ1) is 32.8. The Morgan fingerprint density at radius 1 is 0.310 bits per heavy atom. The van der Waals surface area contributed by atoms with Crippen molar-refractivity contribution in [3.63, 3.8) is 0 Å². The van der Waals surface area contributed by atoms with Crippen molar-refractivity contribution in [1.29, 1.82) is 0 Å². The number of furan rings is 2. The normalized spacial score (nSPS) is 11.8. The lowest BCUT2D eigenvalue weighted by molar-refractivity contribution is 0.668. The van der Waals surface area contributed by atoms with Crippen LogP contribution in [-0.4, -0.2) is 0 Å². The van der Waals surface area contributed by atoms with Crippen molar-refractivity contribution in [1.82, 2.24) is 0 Å². The second kappa shape index (κ2) is 13.1. The topological polar surface area (TPSA) is 29.5 Å². The van der Waals surface area contributed by atoms with Crippen LogP contribution in [0.2, 0.25) is 0 Å². The molecule has 3 nitrogen and oxygen atoms in total. The van der Waals surface area contributed by atoms with Gasteiger partial charge in [-0.2, -0.15) is 0 Å². The van der Waals surface area contributed by atoms with Crippen LogP contribution < -0.4 is 4.90 Å². The Hall–Kier alpha value is -7.40. The molecule has 9 aromatic carbocycles. The summed E-state index contributed by atoms with van der Waals surface area (Å²) in [6.07, 6.45) is 0. The molecule has 0 atom stereocenters. The molecule has 0 aliphatic heterocycles. The molecule has 58 heavy (non-hydrogen) atoms. The molecule has 0 aliphatic rings. The van der Waals surface area contributed by atoms with Crippen LogP contribution in [0.5, 0.6) is 0 Å². The van der Waals surface area contributed by atoms with E-state index in [0.717, 1.165) is 83.2 Å². The van der Waals surface area contributed by atoms with Crippen LogP contribution in [0, 0.1) is 0 Å². The summed E-state index contributed by atoms with van der Waals surface area (Å²) in [4.78, 5) is 2.36. The van der Waals surface area contributed by atoms with Gasteiger partial charge in [0.15, 0.2) is 0 Å². The van der Waals surface area contributed by atoms with Gasteiger partial charge < -0.3 is 13.7 Å². The van der Waals surface area contributed by atoms with Crippen LogP contribution in [0.1, 0.15) is 0 Å². The van der Waals surface area contributed by atoms with E-state index in [1.54, 1.807) is 0 Å². The van der Waals surface area contributed by atoms with E-state index in [-0.39, 0.29) is 0 Å². The lowest BCUT2D eigenvalue weighted by Crippen LogP contribution is -2.10. The minimum Gasteiger partial charge on any atom is -0.456 e. The molecule has 0 bridgehead atoms. The monoisotopic (exact) mass is 759 g/mol. The van der Waals surface area contributed by atoms with E-state index < -0.39 is 0 Å². The predicted octanol–water partition coefficient (Wildman–Crippen LogP) is 16.3. The zero-order chi connectivity index (χ0) is 38.2. The van der Waals surface area contributed by atoms with Gasteiger partial charge in [-0.25, -0.2) is 0 Å². The highest BCUT2D eigenvalue weighted by molar-refractivity contribution is 7.26. The molecule has 12 aromatic rings. The number of hydrogen-bond donors (Lipinski definition) is 0. The number of hydrogen-bond acceptors (Lipinski definition) is 4. The van der Waals surface area contributed by atoms with Gasteiger partial charge in [-0.15, -0.1) is 11.3 Å². The number of fused-ring (bicyclic) bond motifs is 9. The third-order valence-electron chi connectivity index (χ3n) is 11.5. The summed E-state index contributed by atoms with van der Waals surface area (Å²) >= 11 is 1.87. The van der Waals surface area contributed by atoms with Crippen molar-refractivity contribution < 1.29 is 8.83 Å². The van der Waals surface area contributed by atoms with Gasteiger partial charge in [0.1, 0.15) is 22.3 Å². The number of para-hydroxylation sites is 2. The maximum Gasteiger partial charge on any atom is 0.135 e. The average molecular weight is 760 g/mol. The van der Waals surface area contributed by atoms with Crippen molar-refractivity contribution in [2.24, 2.45) is 0 Å². The molecule has 0 radical (unpaired) electrons. The van der Waals surface area contributed by atoms with Crippen LogP contribution in [0.3, 0.4) is 0 Å². The Balaban J connectivity index is 0.962. The molecule has 0 spiro atoms. The molecule has 272 valence electrons. The van der Waals surface area contributed by atoms with Gasteiger partial charge in [-0.05, 0) is 112 Å². The van der Waals surface area contributed by atoms with Gasteiger partial charge in [-0.1, -0.05) is 121 Å². The number of nitrogens with zero attached hydrogens (tertiary/aromatic N) is 1. The molecule has 4 heteroatoms. The minimum absolute atomic E-state index is 0.903. The fraction of sp³-hybridized carbons (Fsp3) is 0. The zero-order valence-electron chi connectivity index (χ0n) is 31.2. The largest absolute Gasteiger partial charge is 0.456 e. The molecule has 0 aliphatic carbocycles. The van der Waals surface area contributed by atoms with Gasteiger partial charge in [0, 0.05) is 58.8 Å². The Labute approximate surface area is 338 Å². The summed E-state index contributed by atoms with van der Waals surface area (Å²) in [5.41, 5.74) is 13.9. The van der Waals surface area contributed by atoms with E-state index in [9.17, 15) is 0 Å². The maximum atomic E-state index is 6.13. The van der Waals surface area contributed by atoms with E-state index in [1.807, 2.05) is 35.6 Å². The average Bonchev–Trinajstić information content (AvgIpc) is 3.98. The predicted molar refractivity (Wildman–Crippen MR) is 245 cm³/mol. The van der Waals surface area contributed by atoms with Crippen LogP contribution >= 0.6 is 11.3 Å². The highest BCUT2D eigenvalue weighted by Crippen LogP contribution is 2.43. The summed E-state index contributed by atoms with van der Waals surface area (Å²) < 4.78 is 14.9. The van der Waals surface area contributed by atoms with Gasteiger partial charge in [0.05, 0.1) is 0 Å². The number of thiophene rings is 1. The van der Waals surface area contributed by atoms with E-state index in [0.29, 0.717) is 0 Å². The first-order chi connectivity index (χ1) is 28.7. The number of benzene rings is 9. The first-order valence-corrected chi connectivity index (χ1v) is 20.4. The smallest absolute Gasteiger partial charge is 0.135 e. The fourth-order valence-corrected chi connectivity index (χ4v) is 9.89. The first-order valence-electron chi connectivity index (χ1n) is 19.6. The molecular weight excluding hydrogens is 727 g/mol. The molecule has 0 saturated carbocycles. The Morgan fingerprint density at radius 3 is 1.43 bits per heavy atom. The van der Waals surface area contributed by atoms with Crippen molar-refractivity contribution in [3.8, 4) is 33.4 Å². The molecule has 3 aromatic heterocycles. The highest BCUT2D eigenvalue weighted by atomic mass is 32.1. The summed E-state index contributed by atoms with van der Waals surface area (Å²) in [6.45, 7) is 0. The van der Waals surface area contributed by atoms with E-state index in [4.69, 9.17) is 8.83 Å². The van der Waals surface area contributed by atoms with Gasteiger partial charge in [-0.3, -0.25) is 0 Å². The maximum absolute atomic E-state index is 6.13. The molecule has 12 rings (SSSR count). The molecule has 0 amide bonds. The molecule has 0 unspecified atom stereocenters. The van der Waals surface area contributed by atoms with Crippen LogP contribution in [0.15, 0.2) is 209 Å².